The average Bonchev–Trinajstić information content (AvgIpc) is 4.10. The molecule has 4 heteroatoms. The minimum atomic E-state index is -0.0464. The molecular weight excluding hydrogens is 870 g/mol. The molecule has 72 heavy (non-hydrogen) atoms. The summed E-state index contributed by atoms with van der Waals surface area (Å²) in [6.07, 6.45) is 7.07. The summed E-state index contributed by atoms with van der Waals surface area (Å²) in [6.45, 7) is 28.7. The van der Waals surface area contributed by atoms with Gasteiger partial charge in [-0.15, -0.1) is 0 Å². The molecule has 1 spiro atoms. The number of rotatable bonds is 2. The van der Waals surface area contributed by atoms with Crippen LogP contribution in [0, 0.1) is 23.2 Å². The van der Waals surface area contributed by atoms with Crippen molar-refractivity contribution >= 4 is 88.5 Å². The van der Waals surface area contributed by atoms with Crippen molar-refractivity contribution in [2.75, 3.05) is 0 Å². The monoisotopic (exact) mass is 938 g/mol. The Morgan fingerprint density at radius 1 is 0.431 bits per heavy atom. The zero-order valence-corrected chi connectivity index (χ0v) is 44.7. The third kappa shape index (κ3) is 5.02. The van der Waals surface area contributed by atoms with Gasteiger partial charge >= 0.3 is 0 Å². The summed E-state index contributed by atoms with van der Waals surface area (Å²) in [5, 5.41) is 8.24. The highest BCUT2D eigenvalue weighted by Gasteiger charge is 2.77. The van der Waals surface area contributed by atoms with Crippen LogP contribution in [0.4, 0.5) is 0 Å². The van der Waals surface area contributed by atoms with Gasteiger partial charge in [0.1, 0.15) is 0 Å². The van der Waals surface area contributed by atoms with E-state index < -0.39 is 0 Å². The Balaban J connectivity index is 1.10. The lowest BCUT2D eigenvalue weighted by Gasteiger charge is -2.66. The predicted molar refractivity (Wildman–Crippen MR) is 307 cm³/mol. The number of aromatic nitrogens is 3. The summed E-state index contributed by atoms with van der Waals surface area (Å²) in [4.78, 5) is 0. The highest BCUT2D eigenvalue weighted by molar-refractivity contribution is 7.00. The number of hydrogen-bond donors (Lipinski definition) is 0. The summed E-state index contributed by atoms with van der Waals surface area (Å²) >= 11 is 0. The smallest absolute Gasteiger partial charge is 0.252 e. The Kier molecular flexibility index (Phi) is 7.58. The first kappa shape index (κ1) is 42.5. The molecule has 2 aliphatic heterocycles. The van der Waals surface area contributed by atoms with Gasteiger partial charge in [0.25, 0.3) is 6.71 Å². The standard InChI is InChI=1S/C68H68BN3/c1-63(2,3)37-20-22-55-47(26-37)49-28-39(65(7,8)9)30-52-61(49)71(55)57-32-44(70-54-19-14-13-16-45(54)46-17-15-18-51(60(46)70)67-34-42-24-41-25-43(35-67)68(41,42)36-67)33-58-59(57)69(52)53-31-40(66(10,11)12)29-50-48-27-38(64(4,5)6)21-23-56(48)72(58)62(50)53/h13-23,26-33,41-43H,24-25,34-36H2,1-12H3. The highest BCUT2D eigenvalue weighted by atomic mass is 15.1. The van der Waals surface area contributed by atoms with Crippen LogP contribution in [0.25, 0.3) is 82.5 Å². The maximum atomic E-state index is 2.76. The Bertz CT molecular complexity index is 3960. The van der Waals surface area contributed by atoms with Gasteiger partial charge in [-0.1, -0.05) is 144 Å². The van der Waals surface area contributed by atoms with Gasteiger partial charge in [-0.25, -0.2) is 0 Å². The van der Waals surface area contributed by atoms with Gasteiger partial charge in [-0.05, 0) is 181 Å². The lowest BCUT2D eigenvalue weighted by Crippen LogP contribution is -2.59. The first-order valence-electron chi connectivity index (χ1n) is 27.6. The zero-order chi connectivity index (χ0) is 49.3. The average molecular weight is 938 g/mol. The largest absolute Gasteiger partial charge is 0.310 e. The van der Waals surface area contributed by atoms with Gasteiger partial charge in [0, 0.05) is 54.7 Å². The third-order valence-electron chi connectivity index (χ3n) is 20.6. The SMILES string of the molecule is CC(C)(C)c1ccc2c(c1)c1cc(C(C)(C)C)cc3c1n2-c1cc(-n2c4ccccc4c4cccc(C56CC7CC8CC(C5)C87C6)c42)cc2c1B3c1cc(C(C)(C)C)cc3c4cc(C(C)(C)C)ccc4n-2c13. The van der Waals surface area contributed by atoms with E-state index in [9.17, 15) is 0 Å². The molecule has 4 aliphatic carbocycles. The van der Waals surface area contributed by atoms with Crippen molar-refractivity contribution in [1.82, 2.24) is 13.7 Å². The number of hydrogen-bond acceptors (Lipinski definition) is 0. The first-order valence-corrected chi connectivity index (χ1v) is 27.6. The molecule has 7 aromatic carbocycles. The van der Waals surface area contributed by atoms with Crippen LogP contribution in [0.2, 0.25) is 0 Å². The van der Waals surface area contributed by atoms with Crippen LogP contribution in [0.1, 0.15) is 143 Å². The molecule has 5 heterocycles. The molecule has 4 fully saturated rings. The van der Waals surface area contributed by atoms with Crippen LogP contribution in [0.5, 0.6) is 0 Å². The van der Waals surface area contributed by atoms with Gasteiger partial charge < -0.3 is 13.7 Å². The Hall–Kier alpha value is -6.00. The molecule has 16 rings (SSSR count). The first-order chi connectivity index (χ1) is 34.1. The number of benzene rings is 7. The minimum Gasteiger partial charge on any atom is -0.310 e. The fourth-order valence-electron chi connectivity index (χ4n) is 17.1. The van der Waals surface area contributed by atoms with Crippen LogP contribution in [-0.2, 0) is 27.1 Å². The maximum absolute atomic E-state index is 2.76. The molecule has 2 bridgehead atoms. The predicted octanol–water partition coefficient (Wildman–Crippen LogP) is 15.4. The highest BCUT2D eigenvalue weighted by Crippen LogP contribution is 2.84. The second-order valence-corrected chi connectivity index (χ2v) is 28.5. The molecule has 3 aromatic heterocycles. The Morgan fingerprint density at radius 2 is 0.917 bits per heavy atom. The molecule has 10 aromatic rings. The quantitative estimate of drug-likeness (QED) is 0.153. The second-order valence-electron chi connectivity index (χ2n) is 28.5. The van der Waals surface area contributed by atoms with Crippen LogP contribution >= 0.6 is 0 Å². The Morgan fingerprint density at radius 3 is 1.42 bits per heavy atom. The van der Waals surface area contributed by atoms with Crippen molar-refractivity contribution in [3.63, 3.8) is 0 Å². The van der Waals surface area contributed by atoms with Gasteiger partial charge in [0.05, 0.1) is 27.8 Å². The number of fused-ring (bicyclic) bond motifs is 14. The number of para-hydroxylation sites is 2. The fourth-order valence-corrected chi connectivity index (χ4v) is 17.1. The van der Waals surface area contributed by atoms with Crippen molar-refractivity contribution in [2.45, 2.75) is 142 Å². The topological polar surface area (TPSA) is 14.8 Å². The van der Waals surface area contributed by atoms with Gasteiger partial charge in [0.15, 0.2) is 0 Å². The van der Waals surface area contributed by atoms with E-state index in [0.717, 1.165) is 17.8 Å². The third-order valence-corrected chi connectivity index (χ3v) is 20.6. The molecule has 6 aliphatic rings. The van der Waals surface area contributed by atoms with Crippen molar-refractivity contribution in [3.8, 4) is 17.1 Å². The van der Waals surface area contributed by atoms with E-state index in [-0.39, 0.29) is 33.8 Å². The van der Waals surface area contributed by atoms with E-state index >= 15 is 0 Å². The van der Waals surface area contributed by atoms with Gasteiger partial charge in [-0.3, -0.25) is 0 Å². The zero-order valence-electron chi connectivity index (χ0n) is 44.7. The van der Waals surface area contributed by atoms with Crippen LogP contribution < -0.4 is 16.4 Å². The lowest BCUT2D eigenvalue weighted by molar-refractivity contribution is -0.175. The van der Waals surface area contributed by atoms with Crippen molar-refractivity contribution < 1.29 is 0 Å². The summed E-state index contributed by atoms with van der Waals surface area (Å²) in [5.41, 5.74) is 24.3. The van der Waals surface area contributed by atoms with E-state index in [4.69, 9.17) is 0 Å². The van der Waals surface area contributed by atoms with E-state index in [1.165, 1.54) is 153 Å². The molecule has 0 radical (unpaired) electrons. The van der Waals surface area contributed by atoms with Crippen molar-refractivity contribution in [1.29, 1.82) is 0 Å². The molecular formula is C68H68BN3. The minimum absolute atomic E-state index is 0.0133. The molecule has 2 unspecified atom stereocenters. The van der Waals surface area contributed by atoms with Crippen LogP contribution in [0.3, 0.4) is 0 Å². The molecule has 2 atom stereocenters. The fraction of sp³-hybridized carbons (Fsp3) is 0.382. The normalized spacial score (nSPS) is 23.8. The molecule has 4 saturated carbocycles. The van der Waals surface area contributed by atoms with Gasteiger partial charge in [-0.2, -0.15) is 0 Å². The Labute approximate surface area is 425 Å². The molecule has 0 saturated heterocycles. The van der Waals surface area contributed by atoms with Gasteiger partial charge in [0.2, 0.25) is 0 Å². The summed E-state index contributed by atoms with van der Waals surface area (Å²) in [7, 11) is 0. The van der Waals surface area contributed by atoms with Crippen LogP contribution in [0.15, 0.2) is 115 Å². The van der Waals surface area contributed by atoms with Crippen molar-refractivity contribution in [3.05, 3.63) is 143 Å². The summed E-state index contributed by atoms with van der Waals surface area (Å²) < 4.78 is 8.22. The molecule has 0 amide bonds. The van der Waals surface area contributed by atoms with E-state index in [0.29, 0.717) is 5.41 Å². The second kappa shape index (κ2) is 12.8. The molecule has 0 N–H and O–H groups in total. The van der Waals surface area contributed by atoms with E-state index in [1.54, 1.807) is 5.56 Å². The van der Waals surface area contributed by atoms with E-state index in [1.807, 2.05) is 0 Å². The summed E-state index contributed by atoms with van der Waals surface area (Å²) in [5.74, 6) is 2.81. The molecule has 358 valence electrons. The van der Waals surface area contributed by atoms with E-state index in [2.05, 4.69) is 212 Å². The summed E-state index contributed by atoms with van der Waals surface area (Å²) in [6, 6.07) is 47.4. The number of nitrogens with zero attached hydrogens (tertiary/aromatic N) is 3. The maximum Gasteiger partial charge on any atom is 0.252 e. The molecule has 3 nitrogen and oxygen atoms in total. The van der Waals surface area contributed by atoms with Crippen molar-refractivity contribution in [2.24, 2.45) is 23.2 Å². The lowest BCUT2D eigenvalue weighted by atomic mass is 9.34. The van der Waals surface area contributed by atoms with Crippen LogP contribution in [-0.4, -0.2) is 20.4 Å².